The molecule has 22 heavy (non-hydrogen) atoms. The predicted molar refractivity (Wildman–Crippen MR) is 90.5 cm³/mol. The number of benzene rings is 1. The van der Waals surface area contributed by atoms with Crippen LogP contribution in [-0.4, -0.2) is 33.2 Å². The van der Waals surface area contributed by atoms with Gasteiger partial charge in [-0.3, -0.25) is 9.10 Å². The van der Waals surface area contributed by atoms with E-state index in [2.05, 4.69) is 5.32 Å². The quantitative estimate of drug-likeness (QED) is 0.798. The second kappa shape index (κ2) is 8.17. The molecule has 1 N–H and O–H groups in total. The van der Waals surface area contributed by atoms with Crippen LogP contribution in [0.3, 0.4) is 0 Å². The number of rotatable bonds is 8. The minimum Gasteiger partial charge on any atom is -0.354 e. The Morgan fingerprint density at radius 1 is 1.27 bits per heavy atom. The van der Waals surface area contributed by atoms with Gasteiger partial charge in [-0.05, 0) is 38.8 Å². The largest absolute Gasteiger partial charge is 0.354 e. The van der Waals surface area contributed by atoms with Crippen molar-refractivity contribution in [3.05, 3.63) is 29.8 Å². The van der Waals surface area contributed by atoms with Gasteiger partial charge in [-0.1, -0.05) is 24.6 Å². The van der Waals surface area contributed by atoms with Gasteiger partial charge in [0, 0.05) is 19.0 Å². The Hall–Kier alpha value is -1.56. The normalized spacial score (nSPS) is 12.7. The Labute approximate surface area is 133 Å². The number of anilines is 1. The van der Waals surface area contributed by atoms with Crippen molar-refractivity contribution in [3.63, 3.8) is 0 Å². The first-order chi connectivity index (χ1) is 10.2. The fourth-order valence-corrected chi connectivity index (χ4v) is 3.00. The first-order valence-electron chi connectivity index (χ1n) is 7.57. The van der Waals surface area contributed by atoms with Gasteiger partial charge >= 0.3 is 0 Å². The lowest BCUT2D eigenvalue weighted by Gasteiger charge is -2.22. The fourth-order valence-electron chi connectivity index (χ4n) is 2.03. The van der Waals surface area contributed by atoms with Crippen LogP contribution in [0.5, 0.6) is 0 Å². The number of aryl methyl sites for hydroxylation is 1. The number of sulfonamides is 1. The van der Waals surface area contributed by atoms with Crippen molar-refractivity contribution in [1.29, 1.82) is 0 Å². The van der Waals surface area contributed by atoms with Crippen molar-refractivity contribution in [3.8, 4) is 0 Å². The minimum atomic E-state index is -3.35. The van der Waals surface area contributed by atoms with Crippen LogP contribution in [0.2, 0.25) is 0 Å². The van der Waals surface area contributed by atoms with Gasteiger partial charge in [0.25, 0.3) is 0 Å². The van der Waals surface area contributed by atoms with E-state index in [1.165, 1.54) is 10.6 Å². The van der Waals surface area contributed by atoms with Gasteiger partial charge in [-0.2, -0.15) is 0 Å². The third-order valence-corrected chi connectivity index (χ3v) is 4.70. The Morgan fingerprint density at radius 3 is 2.36 bits per heavy atom. The van der Waals surface area contributed by atoms with Crippen molar-refractivity contribution in [1.82, 2.24) is 5.32 Å². The van der Waals surface area contributed by atoms with E-state index in [4.69, 9.17) is 0 Å². The number of nitrogens with zero attached hydrogens (tertiary/aromatic N) is 1. The lowest BCUT2D eigenvalue weighted by molar-refractivity contribution is -0.121. The third-order valence-electron chi connectivity index (χ3n) is 3.51. The minimum absolute atomic E-state index is 0.0355. The summed E-state index contributed by atoms with van der Waals surface area (Å²) in [5, 5.41) is 2.88. The van der Waals surface area contributed by atoms with E-state index in [9.17, 15) is 13.2 Å². The molecule has 0 fully saturated rings. The summed E-state index contributed by atoms with van der Waals surface area (Å²) in [5.41, 5.74) is 1.71. The summed E-state index contributed by atoms with van der Waals surface area (Å²) in [6, 6.07) is 7.48. The molecule has 1 unspecified atom stereocenters. The maximum Gasteiger partial charge on any atom is 0.232 e. The van der Waals surface area contributed by atoms with Crippen LogP contribution in [0.1, 0.15) is 38.7 Å². The number of carbonyl (C=O) groups excluding carboxylic acids is 1. The zero-order valence-corrected chi connectivity index (χ0v) is 14.6. The van der Waals surface area contributed by atoms with Gasteiger partial charge in [0.1, 0.15) is 0 Å². The average Bonchev–Trinajstić information content (AvgIpc) is 2.43. The van der Waals surface area contributed by atoms with Gasteiger partial charge in [0.15, 0.2) is 0 Å². The molecule has 0 saturated heterocycles. The van der Waals surface area contributed by atoms with Crippen LogP contribution in [0, 0.1) is 6.92 Å². The van der Waals surface area contributed by atoms with E-state index >= 15 is 0 Å². The van der Waals surface area contributed by atoms with Gasteiger partial charge in [0.05, 0.1) is 11.9 Å². The van der Waals surface area contributed by atoms with E-state index in [1.807, 2.05) is 32.9 Å². The maximum atomic E-state index is 11.9. The molecule has 5 nitrogen and oxygen atoms in total. The number of amides is 1. The Morgan fingerprint density at radius 2 is 1.86 bits per heavy atom. The zero-order valence-electron chi connectivity index (χ0n) is 13.8. The Bertz CT molecular complexity index is 582. The number of nitrogens with one attached hydrogen (secondary N) is 1. The first-order valence-corrected chi connectivity index (χ1v) is 9.42. The van der Waals surface area contributed by atoms with Gasteiger partial charge in [-0.25, -0.2) is 8.42 Å². The summed E-state index contributed by atoms with van der Waals surface area (Å²) < 4.78 is 25.2. The monoisotopic (exact) mass is 326 g/mol. The summed E-state index contributed by atoms with van der Waals surface area (Å²) in [6.45, 7) is 6.21. The molecule has 1 amide bonds. The highest BCUT2D eigenvalue weighted by Gasteiger charge is 2.17. The number of hydrogen-bond acceptors (Lipinski definition) is 3. The van der Waals surface area contributed by atoms with Gasteiger partial charge < -0.3 is 5.32 Å². The zero-order chi connectivity index (χ0) is 16.8. The molecule has 0 aliphatic carbocycles. The van der Waals surface area contributed by atoms with Crippen molar-refractivity contribution >= 4 is 21.6 Å². The molecular formula is C16H26N2O3S. The van der Waals surface area contributed by atoms with Crippen LogP contribution >= 0.6 is 0 Å². The molecule has 1 aromatic rings. The fraction of sp³-hybridized carbons (Fsp3) is 0.562. The van der Waals surface area contributed by atoms with E-state index in [0.717, 1.165) is 12.0 Å². The molecule has 1 atom stereocenters. The summed E-state index contributed by atoms with van der Waals surface area (Å²) in [6.07, 6.45) is 2.88. The molecule has 0 heterocycles. The SMILES string of the molecule is CCC(C)NC(=O)CCCN(c1ccc(C)cc1)S(C)(=O)=O. The molecule has 0 saturated carbocycles. The van der Waals surface area contributed by atoms with Crippen LogP contribution in [0.25, 0.3) is 0 Å². The maximum absolute atomic E-state index is 11.9. The lowest BCUT2D eigenvalue weighted by atomic mass is 10.2. The standard InChI is InChI=1S/C16H26N2O3S/c1-5-14(3)17-16(19)7-6-12-18(22(4,20)21)15-10-8-13(2)9-11-15/h8-11,14H,5-7,12H2,1-4H3,(H,17,19). The van der Waals surface area contributed by atoms with Crippen LogP contribution in [0.4, 0.5) is 5.69 Å². The smallest absolute Gasteiger partial charge is 0.232 e. The van der Waals surface area contributed by atoms with Crippen LogP contribution in [0.15, 0.2) is 24.3 Å². The summed E-state index contributed by atoms with van der Waals surface area (Å²) in [5.74, 6) is -0.0355. The molecule has 0 bridgehead atoms. The number of hydrogen-bond donors (Lipinski definition) is 1. The highest BCUT2D eigenvalue weighted by atomic mass is 32.2. The predicted octanol–water partition coefficient (Wildman–Crippen LogP) is 2.46. The molecule has 0 aliphatic heterocycles. The third kappa shape index (κ3) is 6.05. The second-order valence-electron chi connectivity index (χ2n) is 5.65. The molecule has 0 spiro atoms. The van der Waals surface area contributed by atoms with E-state index in [-0.39, 0.29) is 11.9 Å². The number of carbonyl (C=O) groups is 1. The molecule has 6 heteroatoms. The van der Waals surface area contributed by atoms with E-state index in [1.54, 1.807) is 12.1 Å². The van der Waals surface area contributed by atoms with Crippen molar-refractivity contribution in [2.75, 3.05) is 17.1 Å². The molecule has 0 radical (unpaired) electrons. The molecule has 1 rings (SSSR count). The topological polar surface area (TPSA) is 66.5 Å². The highest BCUT2D eigenvalue weighted by molar-refractivity contribution is 7.92. The summed E-state index contributed by atoms with van der Waals surface area (Å²) >= 11 is 0. The van der Waals surface area contributed by atoms with Gasteiger partial charge in [-0.15, -0.1) is 0 Å². The lowest BCUT2D eigenvalue weighted by Crippen LogP contribution is -2.34. The van der Waals surface area contributed by atoms with Crippen LogP contribution in [-0.2, 0) is 14.8 Å². The summed E-state index contributed by atoms with van der Waals surface area (Å²) in [7, 11) is -3.35. The van der Waals surface area contributed by atoms with Crippen LogP contribution < -0.4 is 9.62 Å². The van der Waals surface area contributed by atoms with E-state index in [0.29, 0.717) is 25.1 Å². The van der Waals surface area contributed by atoms with E-state index < -0.39 is 10.0 Å². The first kappa shape index (κ1) is 18.5. The molecule has 1 aromatic carbocycles. The van der Waals surface area contributed by atoms with Crippen molar-refractivity contribution < 1.29 is 13.2 Å². The Balaban J connectivity index is 2.65. The molecular weight excluding hydrogens is 300 g/mol. The second-order valence-corrected chi connectivity index (χ2v) is 7.56. The molecule has 0 aromatic heterocycles. The van der Waals surface area contributed by atoms with Gasteiger partial charge in [0.2, 0.25) is 15.9 Å². The Kier molecular flexibility index (Phi) is 6.87. The van der Waals surface area contributed by atoms with Crippen molar-refractivity contribution in [2.24, 2.45) is 0 Å². The molecule has 124 valence electrons. The van der Waals surface area contributed by atoms with Crippen molar-refractivity contribution in [2.45, 2.75) is 46.1 Å². The molecule has 0 aliphatic rings. The average molecular weight is 326 g/mol. The highest BCUT2D eigenvalue weighted by Crippen LogP contribution is 2.18. The summed E-state index contributed by atoms with van der Waals surface area (Å²) in [4.78, 5) is 11.7.